The predicted molar refractivity (Wildman–Crippen MR) is 84.1 cm³/mol. The Hall–Kier alpha value is -0.880. The fourth-order valence-corrected chi connectivity index (χ4v) is 2.17. The van der Waals surface area contributed by atoms with Gasteiger partial charge >= 0.3 is 12.0 Å². The van der Waals surface area contributed by atoms with Crippen molar-refractivity contribution >= 4 is 64.1 Å². The molecule has 0 spiro atoms. The number of amides is 2. The Morgan fingerprint density at radius 1 is 1.33 bits per heavy atom. The minimum absolute atomic E-state index is 0.449. The van der Waals surface area contributed by atoms with E-state index in [0.29, 0.717) is 10.7 Å². The number of halogens is 4. The smallest absolute Gasteiger partial charge is 0.324 e. The van der Waals surface area contributed by atoms with Crippen molar-refractivity contribution in [3.05, 3.63) is 29.3 Å². The summed E-state index contributed by atoms with van der Waals surface area (Å²) in [5.74, 6) is -0.686. The molecule has 0 aliphatic rings. The van der Waals surface area contributed by atoms with E-state index >= 15 is 0 Å². The molecule has 1 aromatic carbocycles. The van der Waals surface area contributed by atoms with Crippen LogP contribution in [-0.4, -0.2) is 34.0 Å². The molecule has 0 bridgehead atoms. The fourth-order valence-electron chi connectivity index (χ4n) is 1.41. The van der Waals surface area contributed by atoms with Gasteiger partial charge in [0.15, 0.2) is 0 Å². The van der Waals surface area contributed by atoms with Crippen molar-refractivity contribution in [1.29, 1.82) is 0 Å². The number of nitrogens with one attached hydrogen (secondary N) is 1. The molecule has 1 atom stereocenters. The highest BCUT2D eigenvalue weighted by Crippen LogP contribution is 2.34. The minimum atomic E-state index is -1.99. The van der Waals surface area contributed by atoms with E-state index in [0.717, 1.165) is 11.8 Å². The van der Waals surface area contributed by atoms with Crippen LogP contribution in [0.15, 0.2) is 24.3 Å². The van der Waals surface area contributed by atoms with Gasteiger partial charge in [0, 0.05) is 24.7 Å². The van der Waals surface area contributed by atoms with Crippen LogP contribution in [0.2, 0.25) is 5.02 Å². The summed E-state index contributed by atoms with van der Waals surface area (Å²) in [5, 5.41) is 3.00. The van der Waals surface area contributed by atoms with Crippen molar-refractivity contribution in [1.82, 2.24) is 4.90 Å². The number of carbonyl (C=O) groups is 2. The second kappa shape index (κ2) is 7.40. The zero-order chi connectivity index (χ0) is 16.2. The van der Waals surface area contributed by atoms with Gasteiger partial charge in [0.25, 0.3) is 0 Å². The first-order valence-electron chi connectivity index (χ1n) is 5.64. The summed E-state index contributed by atoms with van der Waals surface area (Å²) in [5.41, 5.74) is 0.449. The van der Waals surface area contributed by atoms with Crippen LogP contribution < -0.4 is 5.32 Å². The van der Waals surface area contributed by atoms with Crippen LogP contribution in [0.1, 0.15) is 6.92 Å². The Kier molecular flexibility index (Phi) is 6.41. The number of ether oxygens (including phenoxy) is 1. The molecule has 0 radical (unpaired) electrons. The summed E-state index contributed by atoms with van der Waals surface area (Å²) in [6.07, 6.45) is -1.38. The number of anilines is 1. The molecule has 1 N–H and O–H groups in total. The first-order chi connectivity index (χ1) is 9.61. The van der Waals surface area contributed by atoms with Crippen LogP contribution in [0, 0.1) is 0 Å². The Bertz CT molecular complexity index is 533. The normalized spacial score (nSPS) is 12.5. The number of rotatable bonds is 3. The lowest BCUT2D eigenvalue weighted by atomic mass is 10.3. The lowest BCUT2D eigenvalue weighted by Gasteiger charge is -2.32. The van der Waals surface area contributed by atoms with Gasteiger partial charge in [-0.2, -0.15) is 0 Å². The molecule has 1 rings (SSSR count). The third-order valence-corrected chi connectivity index (χ3v) is 3.10. The SMILES string of the molecule is CC(=O)OC(N(C)C(=O)Nc1cccc(Cl)c1)C(Cl)(Cl)Cl. The zero-order valence-corrected chi connectivity index (χ0v) is 14.1. The Morgan fingerprint density at radius 2 is 1.95 bits per heavy atom. The highest BCUT2D eigenvalue weighted by atomic mass is 35.6. The third kappa shape index (κ3) is 5.79. The van der Waals surface area contributed by atoms with E-state index in [1.165, 1.54) is 7.05 Å². The summed E-state index contributed by atoms with van der Waals surface area (Å²) >= 11 is 23.0. The first-order valence-corrected chi connectivity index (χ1v) is 7.15. The highest BCUT2D eigenvalue weighted by Gasteiger charge is 2.40. The number of carbonyl (C=O) groups excluding carboxylic acids is 2. The van der Waals surface area contributed by atoms with Crippen LogP contribution >= 0.6 is 46.4 Å². The van der Waals surface area contributed by atoms with Gasteiger partial charge in [0.1, 0.15) is 0 Å². The van der Waals surface area contributed by atoms with Crippen molar-refractivity contribution in [3.63, 3.8) is 0 Å². The predicted octanol–water partition coefficient (Wildman–Crippen LogP) is 4.06. The molecule has 21 heavy (non-hydrogen) atoms. The molecule has 0 saturated carbocycles. The van der Waals surface area contributed by atoms with Crippen LogP contribution in [-0.2, 0) is 9.53 Å². The van der Waals surface area contributed by atoms with Crippen molar-refractivity contribution in [3.8, 4) is 0 Å². The van der Waals surface area contributed by atoms with E-state index in [2.05, 4.69) is 5.32 Å². The molecule has 0 aromatic heterocycles. The Balaban J connectivity index is 2.85. The van der Waals surface area contributed by atoms with Gasteiger partial charge in [0.2, 0.25) is 10.0 Å². The molecular weight excluding hydrogens is 362 g/mol. The highest BCUT2D eigenvalue weighted by molar-refractivity contribution is 6.68. The maximum Gasteiger partial charge on any atom is 0.324 e. The van der Waals surface area contributed by atoms with E-state index in [9.17, 15) is 9.59 Å². The number of benzene rings is 1. The lowest BCUT2D eigenvalue weighted by molar-refractivity contribution is -0.152. The van der Waals surface area contributed by atoms with Crippen molar-refractivity contribution in [2.75, 3.05) is 12.4 Å². The molecule has 116 valence electrons. The summed E-state index contributed by atoms with van der Waals surface area (Å²) in [6, 6.07) is 5.87. The maximum atomic E-state index is 12.1. The van der Waals surface area contributed by atoms with Crippen LogP contribution in [0.5, 0.6) is 0 Å². The molecule has 0 aliphatic heterocycles. The van der Waals surface area contributed by atoms with Gasteiger partial charge in [-0.05, 0) is 18.2 Å². The average molecular weight is 374 g/mol. The molecule has 0 heterocycles. The van der Waals surface area contributed by atoms with Crippen LogP contribution in [0.3, 0.4) is 0 Å². The number of hydrogen-bond acceptors (Lipinski definition) is 3. The molecule has 0 fully saturated rings. The molecule has 0 aliphatic carbocycles. The summed E-state index contributed by atoms with van der Waals surface area (Å²) < 4.78 is 2.87. The average Bonchev–Trinajstić information content (AvgIpc) is 2.33. The number of alkyl halides is 3. The van der Waals surface area contributed by atoms with Gasteiger partial charge < -0.3 is 10.1 Å². The molecular formula is C12H12Cl4N2O3. The fraction of sp³-hybridized carbons (Fsp3) is 0.333. The van der Waals surface area contributed by atoms with E-state index in [4.69, 9.17) is 51.1 Å². The standard InChI is InChI=1S/C12H12Cl4N2O3/c1-7(19)21-10(12(14,15)16)18(2)11(20)17-9-5-3-4-8(13)6-9/h3-6,10H,1-2H3,(H,17,20). The second-order valence-corrected chi connectivity index (χ2v) is 6.86. The minimum Gasteiger partial charge on any atom is -0.437 e. The third-order valence-electron chi connectivity index (χ3n) is 2.31. The van der Waals surface area contributed by atoms with E-state index in [-0.39, 0.29) is 0 Å². The van der Waals surface area contributed by atoms with Crippen molar-refractivity contribution < 1.29 is 14.3 Å². The number of esters is 1. The zero-order valence-electron chi connectivity index (χ0n) is 11.1. The molecule has 2 amide bonds. The molecule has 0 saturated heterocycles. The summed E-state index contributed by atoms with van der Waals surface area (Å²) in [7, 11) is 1.33. The van der Waals surface area contributed by atoms with E-state index in [1.54, 1.807) is 24.3 Å². The number of nitrogens with zero attached hydrogens (tertiary/aromatic N) is 1. The Labute approximate surface area is 142 Å². The van der Waals surface area contributed by atoms with Gasteiger partial charge in [-0.1, -0.05) is 52.5 Å². The van der Waals surface area contributed by atoms with Crippen LogP contribution in [0.4, 0.5) is 10.5 Å². The quantitative estimate of drug-likeness (QED) is 0.493. The van der Waals surface area contributed by atoms with E-state index < -0.39 is 22.0 Å². The topological polar surface area (TPSA) is 58.6 Å². The maximum absolute atomic E-state index is 12.1. The largest absolute Gasteiger partial charge is 0.437 e. The first kappa shape index (κ1) is 18.2. The van der Waals surface area contributed by atoms with Crippen molar-refractivity contribution in [2.24, 2.45) is 0 Å². The van der Waals surface area contributed by atoms with Gasteiger partial charge in [0.05, 0.1) is 0 Å². The second-order valence-electron chi connectivity index (χ2n) is 4.05. The molecule has 5 nitrogen and oxygen atoms in total. The number of urea groups is 1. The van der Waals surface area contributed by atoms with Crippen molar-refractivity contribution in [2.45, 2.75) is 16.9 Å². The molecule has 1 unspecified atom stereocenters. The van der Waals surface area contributed by atoms with E-state index in [1.807, 2.05) is 0 Å². The number of hydrogen-bond donors (Lipinski definition) is 1. The lowest BCUT2D eigenvalue weighted by Crippen LogP contribution is -2.49. The molecule has 9 heteroatoms. The van der Waals surface area contributed by atoms with Gasteiger partial charge in [-0.15, -0.1) is 0 Å². The summed E-state index contributed by atoms with van der Waals surface area (Å²) in [6.45, 7) is 1.14. The Morgan fingerprint density at radius 3 is 2.43 bits per heavy atom. The van der Waals surface area contributed by atoms with Gasteiger partial charge in [-0.3, -0.25) is 9.69 Å². The monoisotopic (exact) mass is 372 g/mol. The van der Waals surface area contributed by atoms with Gasteiger partial charge in [-0.25, -0.2) is 4.79 Å². The molecule has 1 aromatic rings. The van der Waals surface area contributed by atoms with Crippen LogP contribution in [0.25, 0.3) is 0 Å². The summed E-state index contributed by atoms with van der Waals surface area (Å²) in [4.78, 5) is 24.1.